The summed E-state index contributed by atoms with van der Waals surface area (Å²) in [6, 6.07) is 0. The average molecular weight is 208 g/mol. The minimum absolute atomic E-state index is 0.161. The second kappa shape index (κ2) is 4.35. The first-order valence-electron chi connectivity index (χ1n) is 5.76. The molecule has 1 amide bonds. The van der Waals surface area contributed by atoms with Crippen LogP contribution in [0.1, 0.15) is 12.8 Å². The molecule has 3 atom stereocenters. The zero-order valence-electron chi connectivity index (χ0n) is 9.57. The Labute approximate surface area is 91.5 Å². The highest BCUT2D eigenvalue weighted by Gasteiger charge is 2.34. The summed E-state index contributed by atoms with van der Waals surface area (Å²) in [5.41, 5.74) is 0. The standard InChI is InChI=1S/C12H20N2O/c1-14(2)12(15)8-13-7-11-6-9-3-4-10(11)5-9/h3-4,9-11,13H,5-8H2,1-2H3/t9-,10+,11-/m1/s1. The number of hydrogen-bond donors (Lipinski definition) is 1. The molecule has 0 spiro atoms. The molecule has 0 saturated heterocycles. The van der Waals surface area contributed by atoms with E-state index in [2.05, 4.69) is 17.5 Å². The summed E-state index contributed by atoms with van der Waals surface area (Å²) in [6.45, 7) is 1.47. The molecule has 0 radical (unpaired) electrons. The van der Waals surface area contributed by atoms with Crippen LogP contribution >= 0.6 is 0 Å². The van der Waals surface area contributed by atoms with Crippen LogP contribution in [0.5, 0.6) is 0 Å². The molecular weight excluding hydrogens is 188 g/mol. The number of fused-ring (bicyclic) bond motifs is 2. The van der Waals surface area contributed by atoms with Crippen molar-refractivity contribution < 1.29 is 4.79 Å². The molecule has 1 N–H and O–H groups in total. The summed E-state index contributed by atoms with van der Waals surface area (Å²) in [7, 11) is 3.59. The van der Waals surface area contributed by atoms with Gasteiger partial charge < -0.3 is 10.2 Å². The molecule has 0 unspecified atom stereocenters. The molecule has 2 aliphatic rings. The lowest BCUT2D eigenvalue weighted by atomic mass is 9.94. The third-order valence-electron chi connectivity index (χ3n) is 3.60. The molecular formula is C12H20N2O. The first-order chi connectivity index (χ1) is 7.16. The van der Waals surface area contributed by atoms with Gasteiger partial charge in [-0.3, -0.25) is 4.79 Å². The topological polar surface area (TPSA) is 32.3 Å². The smallest absolute Gasteiger partial charge is 0.236 e. The molecule has 0 aromatic rings. The van der Waals surface area contributed by atoms with E-state index in [0.717, 1.165) is 24.3 Å². The highest BCUT2D eigenvalue weighted by molar-refractivity contribution is 5.77. The Morgan fingerprint density at radius 2 is 2.20 bits per heavy atom. The van der Waals surface area contributed by atoms with Crippen molar-refractivity contribution in [2.45, 2.75) is 12.8 Å². The van der Waals surface area contributed by atoms with Gasteiger partial charge in [0.15, 0.2) is 0 Å². The molecule has 2 rings (SSSR count). The molecule has 2 aliphatic carbocycles. The van der Waals surface area contributed by atoms with Gasteiger partial charge in [0, 0.05) is 14.1 Å². The van der Waals surface area contributed by atoms with E-state index in [0.29, 0.717) is 6.54 Å². The zero-order chi connectivity index (χ0) is 10.8. The van der Waals surface area contributed by atoms with E-state index in [-0.39, 0.29) is 5.91 Å². The zero-order valence-corrected chi connectivity index (χ0v) is 9.57. The molecule has 1 fully saturated rings. The Bertz CT molecular complexity index is 273. The Hall–Kier alpha value is -0.830. The molecule has 3 heteroatoms. The van der Waals surface area contributed by atoms with Crippen molar-refractivity contribution in [3.63, 3.8) is 0 Å². The summed E-state index contributed by atoms with van der Waals surface area (Å²) in [5.74, 6) is 2.52. The van der Waals surface area contributed by atoms with Crippen LogP contribution in [0.3, 0.4) is 0 Å². The fraction of sp³-hybridized carbons (Fsp3) is 0.750. The fourth-order valence-electron chi connectivity index (χ4n) is 2.65. The normalized spacial score (nSPS) is 32.3. The Morgan fingerprint density at radius 3 is 2.73 bits per heavy atom. The first-order valence-corrected chi connectivity index (χ1v) is 5.76. The van der Waals surface area contributed by atoms with Crippen molar-refractivity contribution in [2.24, 2.45) is 17.8 Å². The van der Waals surface area contributed by atoms with Gasteiger partial charge in [-0.25, -0.2) is 0 Å². The van der Waals surface area contributed by atoms with Crippen LogP contribution in [0.4, 0.5) is 0 Å². The predicted octanol–water partition coefficient (Wildman–Crippen LogP) is 0.876. The molecule has 84 valence electrons. The lowest BCUT2D eigenvalue weighted by Gasteiger charge is -2.19. The van der Waals surface area contributed by atoms with Crippen molar-refractivity contribution in [2.75, 3.05) is 27.2 Å². The van der Waals surface area contributed by atoms with E-state index >= 15 is 0 Å². The van der Waals surface area contributed by atoms with Crippen LogP contribution in [-0.4, -0.2) is 38.0 Å². The number of likely N-dealkylation sites (N-methyl/N-ethyl adjacent to an activating group) is 1. The Balaban J connectivity index is 1.67. The van der Waals surface area contributed by atoms with Gasteiger partial charge in [-0.2, -0.15) is 0 Å². The molecule has 3 nitrogen and oxygen atoms in total. The number of carbonyl (C=O) groups excluding carboxylic acids is 1. The SMILES string of the molecule is CN(C)C(=O)CNC[C@H]1C[C@@H]2C=C[C@H]1C2. The van der Waals surface area contributed by atoms with Crippen molar-refractivity contribution in [3.05, 3.63) is 12.2 Å². The second-order valence-electron chi connectivity index (χ2n) is 4.96. The highest BCUT2D eigenvalue weighted by Crippen LogP contribution is 2.42. The van der Waals surface area contributed by atoms with Gasteiger partial charge in [0.05, 0.1) is 6.54 Å². The predicted molar refractivity (Wildman–Crippen MR) is 60.4 cm³/mol. The maximum atomic E-state index is 11.3. The van der Waals surface area contributed by atoms with Gasteiger partial charge in [0.25, 0.3) is 0 Å². The van der Waals surface area contributed by atoms with Gasteiger partial charge in [-0.1, -0.05) is 12.2 Å². The summed E-state index contributed by atoms with van der Waals surface area (Å²) in [6.07, 6.45) is 7.36. The molecule has 15 heavy (non-hydrogen) atoms. The molecule has 0 aromatic carbocycles. The maximum absolute atomic E-state index is 11.3. The Morgan fingerprint density at radius 1 is 1.40 bits per heavy atom. The van der Waals surface area contributed by atoms with Crippen molar-refractivity contribution in [1.82, 2.24) is 10.2 Å². The Kier molecular flexibility index (Phi) is 3.10. The van der Waals surface area contributed by atoms with Crippen LogP contribution in [0.25, 0.3) is 0 Å². The number of allylic oxidation sites excluding steroid dienone is 2. The van der Waals surface area contributed by atoms with Gasteiger partial charge in [-0.15, -0.1) is 0 Å². The molecule has 1 saturated carbocycles. The summed E-state index contributed by atoms with van der Waals surface area (Å²) < 4.78 is 0. The summed E-state index contributed by atoms with van der Waals surface area (Å²) >= 11 is 0. The van der Waals surface area contributed by atoms with Gasteiger partial charge in [-0.05, 0) is 37.1 Å². The quantitative estimate of drug-likeness (QED) is 0.695. The van der Waals surface area contributed by atoms with E-state index < -0.39 is 0 Å². The molecule has 0 aliphatic heterocycles. The van der Waals surface area contributed by atoms with Crippen LogP contribution in [0, 0.1) is 17.8 Å². The number of hydrogen-bond acceptors (Lipinski definition) is 2. The first kappa shape index (κ1) is 10.7. The van der Waals surface area contributed by atoms with E-state index in [4.69, 9.17) is 0 Å². The highest BCUT2D eigenvalue weighted by atomic mass is 16.2. The lowest BCUT2D eigenvalue weighted by molar-refractivity contribution is -0.127. The minimum atomic E-state index is 0.161. The maximum Gasteiger partial charge on any atom is 0.236 e. The van der Waals surface area contributed by atoms with Crippen LogP contribution in [0.15, 0.2) is 12.2 Å². The molecule has 0 heterocycles. The average Bonchev–Trinajstić information content (AvgIpc) is 2.78. The van der Waals surface area contributed by atoms with Gasteiger partial charge >= 0.3 is 0 Å². The second-order valence-corrected chi connectivity index (χ2v) is 4.96. The summed E-state index contributed by atoms with van der Waals surface area (Å²) in [4.78, 5) is 13.0. The van der Waals surface area contributed by atoms with Crippen molar-refractivity contribution in [3.8, 4) is 0 Å². The fourth-order valence-corrected chi connectivity index (χ4v) is 2.65. The largest absolute Gasteiger partial charge is 0.348 e. The third-order valence-corrected chi connectivity index (χ3v) is 3.60. The number of nitrogens with one attached hydrogen (secondary N) is 1. The minimum Gasteiger partial charge on any atom is -0.348 e. The van der Waals surface area contributed by atoms with E-state index in [9.17, 15) is 4.79 Å². The van der Waals surface area contributed by atoms with Crippen LogP contribution in [-0.2, 0) is 4.79 Å². The van der Waals surface area contributed by atoms with Crippen LogP contribution in [0.2, 0.25) is 0 Å². The van der Waals surface area contributed by atoms with E-state index in [1.54, 1.807) is 19.0 Å². The van der Waals surface area contributed by atoms with Crippen molar-refractivity contribution in [1.29, 1.82) is 0 Å². The molecule has 2 bridgehead atoms. The number of amides is 1. The van der Waals surface area contributed by atoms with Gasteiger partial charge in [0.1, 0.15) is 0 Å². The monoisotopic (exact) mass is 208 g/mol. The van der Waals surface area contributed by atoms with Crippen LogP contribution < -0.4 is 5.32 Å². The number of nitrogens with zero attached hydrogens (tertiary/aromatic N) is 1. The van der Waals surface area contributed by atoms with E-state index in [1.807, 2.05) is 0 Å². The van der Waals surface area contributed by atoms with Gasteiger partial charge in [0.2, 0.25) is 5.91 Å². The number of carbonyl (C=O) groups is 1. The summed E-state index contributed by atoms with van der Waals surface area (Å²) in [5, 5.41) is 3.27. The van der Waals surface area contributed by atoms with Crippen molar-refractivity contribution >= 4 is 5.91 Å². The van der Waals surface area contributed by atoms with E-state index in [1.165, 1.54) is 12.8 Å². The third kappa shape index (κ3) is 2.40. The lowest BCUT2D eigenvalue weighted by Crippen LogP contribution is -2.36. The molecule has 0 aromatic heterocycles. The number of rotatable bonds is 4.